The molecule has 0 radical (unpaired) electrons. The third-order valence-corrected chi connectivity index (χ3v) is 4.58. The highest BCUT2D eigenvalue weighted by atomic mass is 15.2. The normalized spacial score (nSPS) is 37.5. The number of rotatable bonds is 3. The zero-order valence-electron chi connectivity index (χ0n) is 10.8. The van der Waals surface area contributed by atoms with Gasteiger partial charge in [0, 0.05) is 12.1 Å². The van der Waals surface area contributed by atoms with Crippen LogP contribution in [0, 0.1) is 5.92 Å². The highest BCUT2D eigenvalue weighted by Gasteiger charge is 2.30. The molecule has 3 unspecified atom stereocenters. The van der Waals surface area contributed by atoms with Gasteiger partial charge in [0.15, 0.2) is 0 Å². The molecule has 1 aliphatic carbocycles. The van der Waals surface area contributed by atoms with Gasteiger partial charge in [0.2, 0.25) is 0 Å². The van der Waals surface area contributed by atoms with E-state index in [9.17, 15) is 0 Å². The lowest BCUT2D eigenvalue weighted by Crippen LogP contribution is -2.44. The van der Waals surface area contributed by atoms with Crippen LogP contribution in [-0.2, 0) is 0 Å². The van der Waals surface area contributed by atoms with E-state index in [0.29, 0.717) is 12.1 Å². The zero-order valence-corrected chi connectivity index (χ0v) is 10.8. The van der Waals surface area contributed by atoms with Crippen LogP contribution < -0.4 is 5.73 Å². The summed E-state index contributed by atoms with van der Waals surface area (Å²) in [6.07, 6.45) is 11.0. The molecule has 2 N–H and O–H groups in total. The molecule has 0 amide bonds. The first kappa shape index (κ1) is 12.4. The van der Waals surface area contributed by atoms with Gasteiger partial charge in [-0.25, -0.2) is 0 Å². The Kier molecular flexibility index (Phi) is 4.66. The molecule has 2 heteroatoms. The first-order valence-electron chi connectivity index (χ1n) is 7.31. The highest BCUT2D eigenvalue weighted by molar-refractivity contribution is 4.89. The van der Waals surface area contributed by atoms with Crippen LogP contribution in [0.3, 0.4) is 0 Å². The topological polar surface area (TPSA) is 29.3 Å². The third kappa shape index (κ3) is 2.98. The highest BCUT2D eigenvalue weighted by Crippen LogP contribution is 2.28. The van der Waals surface area contributed by atoms with E-state index in [1.54, 1.807) is 0 Å². The molecule has 2 rings (SSSR count). The van der Waals surface area contributed by atoms with Crippen molar-refractivity contribution in [2.75, 3.05) is 13.1 Å². The molecule has 2 nitrogen and oxygen atoms in total. The molecule has 0 aromatic carbocycles. The van der Waals surface area contributed by atoms with Crippen LogP contribution in [0.5, 0.6) is 0 Å². The van der Waals surface area contributed by atoms with Crippen LogP contribution in [0.2, 0.25) is 0 Å². The minimum absolute atomic E-state index is 0.461. The smallest absolute Gasteiger partial charge is 0.0247 e. The second-order valence-electron chi connectivity index (χ2n) is 5.78. The first-order chi connectivity index (χ1) is 7.81. The fourth-order valence-corrected chi connectivity index (χ4v) is 3.64. The summed E-state index contributed by atoms with van der Waals surface area (Å²) in [4.78, 5) is 2.70. The molecule has 16 heavy (non-hydrogen) atoms. The van der Waals surface area contributed by atoms with E-state index in [4.69, 9.17) is 5.73 Å². The minimum atomic E-state index is 0.461. The largest absolute Gasteiger partial charge is 0.326 e. The fourth-order valence-electron chi connectivity index (χ4n) is 3.64. The van der Waals surface area contributed by atoms with Gasteiger partial charge in [-0.05, 0) is 51.1 Å². The summed E-state index contributed by atoms with van der Waals surface area (Å²) >= 11 is 0. The molecular formula is C14H28N2. The van der Waals surface area contributed by atoms with Crippen LogP contribution in [0.4, 0.5) is 0 Å². The van der Waals surface area contributed by atoms with Gasteiger partial charge in [-0.1, -0.05) is 26.2 Å². The maximum absolute atomic E-state index is 6.21. The predicted molar refractivity (Wildman–Crippen MR) is 69.4 cm³/mol. The van der Waals surface area contributed by atoms with Crippen LogP contribution in [0.1, 0.15) is 58.3 Å². The van der Waals surface area contributed by atoms with Crippen molar-refractivity contribution in [3.63, 3.8) is 0 Å². The summed E-state index contributed by atoms with van der Waals surface area (Å²) in [5.41, 5.74) is 6.21. The van der Waals surface area contributed by atoms with Crippen molar-refractivity contribution in [2.45, 2.75) is 70.4 Å². The molecule has 1 heterocycles. The van der Waals surface area contributed by atoms with E-state index in [0.717, 1.165) is 5.92 Å². The predicted octanol–water partition coefficient (Wildman–Crippen LogP) is 2.77. The fraction of sp³-hybridized carbons (Fsp3) is 1.00. The first-order valence-corrected chi connectivity index (χ1v) is 7.31. The summed E-state index contributed by atoms with van der Waals surface area (Å²) in [5.74, 6) is 0.993. The van der Waals surface area contributed by atoms with E-state index in [1.165, 1.54) is 64.5 Å². The molecule has 94 valence electrons. The van der Waals surface area contributed by atoms with Gasteiger partial charge in [0.05, 0.1) is 0 Å². The summed E-state index contributed by atoms with van der Waals surface area (Å²) in [6.45, 7) is 4.93. The van der Waals surface area contributed by atoms with E-state index >= 15 is 0 Å². The summed E-state index contributed by atoms with van der Waals surface area (Å²) in [5, 5.41) is 0. The second-order valence-corrected chi connectivity index (χ2v) is 5.78. The van der Waals surface area contributed by atoms with Crippen molar-refractivity contribution in [3.8, 4) is 0 Å². The standard InChI is InChI=1S/C14H28N2/c1-2-5-12-6-4-10-16(11-9-12)14-8-3-7-13(14)15/h12-14H,2-11,15H2,1H3. The van der Waals surface area contributed by atoms with Gasteiger partial charge in [-0.3, -0.25) is 4.90 Å². The van der Waals surface area contributed by atoms with E-state index < -0.39 is 0 Å². The van der Waals surface area contributed by atoms with Crippen molar-refractivity contribution >= 4 is 0 Å². The van der Waals surface area contributed by atoms with Gasteiger partial charge in [-0.2, -0.15) is 0 Å². The van der Waals surface area contributed by atoms with Gasteiger partial charge in [0.1, 0.15) is 0 Å². The number of hydrogen-bond acceptors (Lipinski definition) is 2. The summed E-state index contributed by atoms with van der Waals surface area (Å²) in [7, 11) is 0. The van der Waals surface area contributed by atoms with E-state index in [1.807, 2.05) is 0 Å². The lowest BCUT2D eigenvalue weighted by Gasteiger charge is -2.30. The van der Waals surface area contributed by atoms with Gasteiger partial charge >= 0.3 is 0 Å². The Morgan fingerprint density at radius 3 is 2.62 bits per heavy atom. The average molecular weight is 224 g/mol. The Bertz CT molecular complexity index is 205. The molecule has 3 atom stereocenters. The Morgan fingerprint density at radius 2 is 1.94 bits per heavy atom. The van der Waals surface area contributed by atoms with Gasteiger partial charge in [0.25, 0.3) is 0 Å². The molecule has 0 spiro atoms. The van der Waals surface area contributed by atoms with Crippen LogP contribution >= 0.6 is 0 Å². The van der Waals surface area contributed by atoms with Gasteiger partial charge in [-0.15, -0.1) is 0 Å². The SMILES string of the molecule is CCCC1CCCN(C2CCCC2N)CC1. The molecule has 1 saturated heterocycles. The maximum Gasteiger partial charge on any atom is 0.0247 e. The second kappa shape index (κ2) is 6.02. The van der Waals surface area contributed by atoms with Crippen molar-refractivity contribution in [1.29, 1.82) is 0 Å². The van der Waals surface area contributed by atoms with Crippen molar-refractivity contribution in [2.24, 2.45) is 11.7 Å². The van der Waals surface area contributed by atoms with E-state index in [-0.39, 0.29) is 0 Å². The Balaban J connectivity index is 1.83. The van der Waals surface area contributed by atoms with E-state index in [2.05, 4.69) is 11.8 Å². The van der Waals surface area contributed by atoms with Crippen molar-refractivity contribution < 1.29 is 0 Å². The van der Waals surface area contributed by atoms with Crippen molar-refractivity contribution in [1.82, 2.24) is 4.90 Å². The Labute approximate surface area is 101 Å². The quantitative estimate of drug-likeness (QED) is 0.798. The van der Waals surface area contributed by atoms with Gasteiger partial charge < -0.3 is 5.73 Å². The lowest BCUT2D eigenvalue weighted by molar-refractivity contribution is 0.189. The molecule has 0 aromatic rings. The van der Waals surface area contributed by atoms with Crippen molar-refractivity contribution in [3.05, 3.63) is 0 Å². The molecule has 2 fully saturated rings. The molecule has 0 aromatic heterocycles. The van der Waals surface area contributed by atoms with Crippen LogP contribution in [0.15, 0.2) is 0 Å². The average Bonchev–Trinajstić information content (AvgIpc) is 2.57. The molecule has 1 aliphatic heterocycles. The molecule has 2 aliphatic rings. The number of nitrogens with two attached hydrogens (primary N) is 1. The number of hydrogen-bond donors (Lipinski definition) is 1. The number of likely N-dealkylation sites (tertiary alicyclic amines) is 1. The summed E-state index contributed by atoms with van der Waals surface area (Å²) < 4.78 is 0. The number of nitrogens with zero attached hydrogens (tertiary/aromatic N) is 1. The zero-order chi connectivity index (χ0) is 11.4. The molecular weight excluding hydrogens is 196 g/mol. The third-order valence-electron chi connectivity index (χ3n) is 4.58. The Morgan fingerprint density at radius 1 is 1.06 bits per heavy atom. The minimum Gasteiger partial charge on any atom is -0.326 e. The maximum atomic E-state index is 6.21. The molecule has 1 saturated carbocycles. The molecule has 0 bridgehead atoms. The van der Waals surface area contributed by atoms with Crippen LogP contribution in [-0.4, -0.2) is 30.1 Å². The monoisotopic (exact) mass is 224 g/mol. The Hall–Kier alpha value is -0.0800. The summed E-state index contributed by atoms with van der Waals surface area (Å²) in [6, 6.07) is 1.17. The van der Waals surface area contributed by atoms with Crippen LogP contribution in [0.25, 0.3) is 0 Å². The lowest BCUT2D eigenvalue weighted by atomic mass is 9.96.